The fourth-order valence-electron chi connectivity index (χ4n) is 4.73. The summed E-state index contributed by atoms with van der Waals surface area (Å²) in [6.07, 6.45) is 0.00677. The van der Waals surface area contributed by atoms with Gasteiger partial charge in [0, 0.05) is 23.2 Å². The topological polar surface area (TPSA) is 192 Å². The summed E-state index contributed by atoms with van der Waals surface area (Å²) in [7, 11) is 0. The molecule has 0 radical (unpaired) electrons. The average Bonchev–Trinajstić information content (AvgIpc) is 3.22. The van der Waals surface area contributed by atoms with Crippen molar-refractivity contribution in [2.75, 3.05) is 6.54 Å². The zero-order valence-electron chi connectivity index (χ0n) is 22.7. The van der Waals surface area contributed by atoms with E-state index in [4.69, 9.17) is 27.4 Å². The monoisotopic (exact) mass is 553 g/mol. The third kappa shape index (κ3) is 5.33. The third-order valence-corrected chi connectivity index (χ3v) is 7.01. The summed E-state index contributed by atoms with van der Waals surface area (Å²) in [6, 6.07) is 4.76. The molecule has 1 aliphatic heterocycles. The van der Waals surface area contributed by atoms with Crippen LogP contribution in [0, 0.1) is 19.7 Å². The lowest BCUT2D eigenvalue weighted by Crippen LogP contribution is -2.50. The van der Waals surface area contributed by atoms with Gasteiger partial charge in [0.15, 0.2) is 0 Å². The SMILES string of the molecule is Cc1cc2c(CN(N)/C=C(\N)C(C)(C)NC(=O)CN)c3c(nc2cc1F)-c1cc(C)c(COC(=O)O)c(=O)n1C3. The van der Waals surface area contributed by atoms with Crippen molar-refractivity contribution in [1.82, 2.24) is 19.9 Å². The molecular formula is C27H32FN7O5. The number of rotatable bonds is 8. The van der Waals surface area contributed by atoms with Gasteiger partial charge in [0.1, 0.15) is 12.4 Å². The number of carbonyl (C=O) groups excluding carboxylic acids is 1. The quantitative estimate of drug-likeness (QED) is 0.122. The number of aryl methyl sites for hydroxylation is 2. The number of pyridine rings is 2. The molecule has 0 aliphatic carbocycles. The van der Waals surface area contributed by atoms with Crippen LogP contribution < -0.4 is 28.2 Å². The molecule has 13 heteroatoms. The maximum Gasteiger partial charge on any atom is 0.506 e. The Kier molecular flexibility index (Phi) is 7.55. The van der Waals surface area contributed by atoms with Crippen molar-refractivity contribution in [3.63, 3.8) is 0 Å². The zero-order chi connectivity index (χ0) is 29.5. The number of carboxylic acid groups (broad SMARTS) is 1. The molecule has 12 nitrogen and oxygen atoms in total. The van der Waals surface area contributed by atoms with Crippen LogP contribution in [0.4, 0.5) is 9.18 Å². The molecular weight excluding hydrogens is 521 g/mol. The van der Waals surface area contributed by atoms with Crippen LogP contribution in [0.25, 0.3) is 22.3 Å². The van der Waals surface area contributed by atoms with Crippen LogP contribution in [0.15, 0.2) is 34.9 Å². The van der Waals surface area contributed by atoms with E-state index in [1.54, 1.807) is 39.8 Å². The highest BCUT2D eigenvalue weighted by atomic mass is 19.1. The highest BCUT2D eigenvalue weighted by Crippen LogP contribution is 2.37. The van der Waals surface area contributed by atoms with Crippen molar-refractivity contribution in [3.05, 3.63) is 74.1 Å². The van der Waals surface area contributed by atoms with Gasteiger partial charge in [0.2, 0.25) is 5.91 Å². The standard InChI is InChI=1S/C27H32FN7O5/c1-13-6-21-24-17(10-35(21)25(37)18(13)12-40-26(38)39)16(15-5-14(2)19(28)7-20(15)32-24)9-34(31)11-22(30)27(3,4)33-23(36)8-29/h5-7,11H,8-10,12,29-31H2,1-4H3,(H,33,36)(H,38,39)/b22-11-. The van der Waals surface area contributed by atoms with Crippen LogP contribution in [-0.4, -0.2) is 43.8 Å². The second-order valence-electron chi connectivity index (χ2n) is 10.3. The van der Waals surface area contributed by atoms with Crippen molar-refractivity contribution in [2.45, 2.75) is 52.9 Å². The molecule has 0 bridgehead atoms. The molecule has 0 fully saturated rings. The van der Waals surface area contributed by atoms with Gasteiger partial charge in [-0.15, -0.1) is 0 Å². The number of nitrogens with one attached hydrogen (secondary N) is 1. The van der Waals surface area contributed by atoms with Gasteiger partial charge in [-0.25, -0.2) is 20.0 Å². The van der Waals surface area contributed by atoms with Crippen molar-refractivity contribution in [2.24, 2.45) is 17.3 Å². The van der Waals surface area contributed by atoms with E-state index in [0.29, 0.717) is 44.5 Å². The number of hydrogen-bond donors (Lipinski definition) is 5. The van der Waals surface area contributed by atoms with Gasteiger partial charge in [0.05, 0.1) is 53.3 Å². The van der Waals surface area contributed by atoms with E-state index < -0.39 is 23.1 Å². The summed E-state index contributed by atoms with van der Waals surface area (Å²) in [6.45, 7) is 6.42. The second-order valence-corrected chi connectivity index (χ2v) is 10.3. The van der Waals surface area contributed by atoms with Gasteiger partial charge >= 0.3 is 6.16 Å². The number of fused-ring (bicyclic) bond motifs is 4. The second kappa shape index (κ2) is 10.6. The number of aromatic nitrogens is 2. The van der Waals surface area contributed by atoms with E-state index in [-0.39, 0.29) is 43.4 Å². The molecule has 212 valence electrons. The smallest absolute Gasteiger partial charge is 0.450 e. The lowest BCUT2D eigenvalue weighted by Gasteiger charge is -2.28. The molecule has 0 atom stereocenters. The summed E-state index contributed by atoms with van der Waals surface area (Å²) >= 11 is 0. The molecule has 4 rings (SSSR count). The Hall–Kier alpha value is -4.49. The molecule has 0 saturated heterocycles. The minimum atomic E-state index is -1.48. The first kappa shape index (κ1) is 28.5. The number of benzene rings is 1. The minimum absolute atomic E-state index is 0.116. The maximum atomic E-state index is 14.6. The largest absolute Gasteiger partial charge is 0.506 e. The number of ether oxygens (including phenoxy) is 1. The van der Waals surface area contributed by atoms with Crippen molar-refractivity contribution >= 4 is 23.0 Å². The van der Waals surface area contributed by atoms with Gasteiger partial charge in [0.25, 0.3) is 5.56 Å². The molecule has 0 saturated carbocycles. The highest BCUT2D eigenvalue weighted by molar-refractivity contribution is 5.88. The Balaban J connectivity index is 1.82. The molecule has 0 spiro atoms. The van der Waals surface area contributed by atoms with Gasteiger partial charge in [-0.05, 0) is 56.5 Å². The van der Waals surface area contributed by atoms with E-state index in [9.17, 15) is 18.8 Å². The summed E-state index contributed by atoms with van der Waals surface area (Å²) in [5.74, 6) is 5.57. The van der Waals surface area contributed by atoms with E-state index in [2.05, 4.69) is 10.1 Å². The normalized spacial score (nSPS) is 12.7. The molecule has 0 unspecified atom stereocenters. The van der Waals surface area contributed by atoms with E-state index in [0.717, 1.165) is 0 Å². The van der Waals surface area contributed by atoms with Crippen molar-refractivity contribution < 1.29 is 23.8 Å². The zero-order valence-corrected chi connectivity index (χ0v) is 22.7. The summed E-state index contributed by atoms with van der Waals surface area (Å²) in [5, 5.41) is 13.6. The number of carbonyl (C=O) groups is 2. The number of amides is 1. The minimum Gasteiger partial charge on any atom is -0.450 e. The van der Waals surface area contributed by atoms with E-state index >= 15 is 0 Å². The molecule has 40 heavy (non-hydrogen) atoms. The van der Waals surface area contributed by atoms with Gasteiger partial charge in [-0.2, -0.15) is 0 Å². The summed E-state index contributed by atoms with van der Waals surface area (Å²) < 4.78 is 20.7. The number of hydrazine groups is 1. The van der Waals surface area contributed by atoms with Gasteiger partial charge in [-0.1, -0.05) is 0 Å². The molecule has 3 aromatic rings. The average molecular weight is 554 g/mol. The van der Waals surface area contributed by atoms with Gasteiger partial charge < -0.3 is 36.2 Å². The molecule has 1 amide bonds. The Labute approximate surface area is 229 Å². The first-order valence-corrected chi connectivity index (χ1v) is 12.4. The Bertz CT molecular complexity index is 1630. The first-order valence-electron chi connectivity index (χ1n) is 12.4. The van der Waals surface area contributed by atoms with Crippen LogP contribution in [0.5, 0.6) is 0 Å². The molecule has 1 aliphatic rings. The van der Waals surface area contributed by atoms with E-state index in [1.165, 1.54) is 21.8 Å². The summed E-state index contributed by atoms with van der Waals surface area (Å²) in [5.41, 5.74) is 14.6. The number of nitrogens with two attached hydrogens (primary N) is 3. The predicted octanol–water partition coefficient (Wildman–Crippen LogP) is 1.71. The van der Waals surface area contributed by atoms with Crippen molar-refractivity contribution in [1.29, 1.82) is 0 Å². The lowest BCUT2D eigenvalue weighted by molar-refractivity contribution is -0.120. The highest BCUT2D eigenvalue weighted by Gasteiger charge is 2.29. The third-order valence-electron chi connectivity index (χ3n) is 7.01. The van der Waals surface area contributed by atoms with Crippen LogP contribution in [0.3, 0.4) is 0 Å². The Morgan fingerprint density at radius 1 is 1.25 bits per heavy atom. The first-order chi connectivity index (χ1) is 18.7. The number of nitrogens with zero attached hydrogens (tertiary/aromatic N) is 3. The Morgan fingerprint density at radius 2 is 1.95 bits per heavy atom. The molecule has 1 aromatic carbocycles. The number of halogens is 1. The van der Waals surface area contributed by atoms with Crippen LogP contribution in [-0.2, 0) is 29.2 Å². The fraction of sp³-hybridized carbons (Fsp3) is 0.333. The summed E-state index contributed by atoms with van der Waals surface area (Å²) in [4.78, 5) is 40.8. The van der Waals surface area contributed by atoms with Crippen LogP contribution in [0.1, 0.15) is 41.7 Å². The van der Waals surface area contributed by atoms with Crippen LogP contribution in [0.2, 0.25) is 0 Å². The number of hydrogen-bond acceptors (Lipinski definition) is 9. The fourth-order valence-corrected chi connectivity index (χ4v) is 4.73. The molecule has 2 aromatic heterocycles. The Morgan fingerprint density at radius 3 is 2.60 bits per heavy atom. The van der Waals surface area contributed by atoms with E-state index in [1.807, 2.05) is 0 Å². The lowest BCUT2D eigenvalue weighted by atomic mass is 9.98. The van der Waals surface area contributed by atoms with Crippen LogP contribution >= 0.6 is 0 Å². The molecule has 3 heterocycles. The predicted molar refractivity (Wildman–Crippen MR) is 146 cm³/mol. The van der Waals surface area contributed by atoms with Gasteiger partial charge in [-0.3, -0.25) is 9.59 Å². The maximum absolute atomic E-state index is 14.6. The molecule has 8 N–H and O–H groups in total. The van der Waals surface area contributed by atoms with Crippen molar-refractivity contribution in [3.8, 4) is 11.4 Å².